The molecule has 0 saturated carbocycles. The molecule has 0 saturated heterocycles. The lowest BCUT2D eigenvalue weighted by molar-refractivity contribution is 0.288. The van der Waals surface area contributed by atoms with Crippen LogP contribution in [0.5, 0.6) is 0 Å². The fourth-order valence-corrected chi connectivity index (χ4v) is 2.41. The van der Waals surface area contributed by atoms with Gasteiger partial charge in [0, 0.05) is 23.2 Å². The average molecular weight is 237 g/mol. The standard InChI is InChI=1S/C13H21N2S/c1-3-15(4-2)10-12(14)11-16-13-8-6-5-7-9-13/h5-9,12,14H,3-4,10-11H2,1-2H3/t12-/m1/s1. The molecule has 0 aliphatic carbocycles. The zero-order valence-corrected chi connectivity index (χ0v) is 11.0. The maximum absolute atomic E-state index is 8.00. The number of hydrogen-bond donors (Lipinski definition) is 0. The van der Waals surface area contributed by atoms with Gasteiger partial charge in [-0.3, -0.25) is 5.73 Å². The van der Waals surface area contributed by atoms with E-state index in [0.29, 0.717) is 0 Å². The van der Waals surface area contributed by atoms with Crippen molar-refractivity contribution >= 4 is 11.8 Å². The molecule has 1 rings (SSSR count). The summed E-state index contributed by atoms with van der Waals surface area (Å²) in [5, 5.41) is 0. The molecule has 1 atom stereocenters. The molecule has 0 aromatic heterocycles. The summed E-state index contributed by atoms with van der Waals surface area (Å²) in [7, 11) is 0. The van der Waals surface area contributed by atoms with Gasteiger partial charge in [-0.05, 0) is 25.2 Å². The molecule has 89 valence electrons. The Morgan fingerprint density at radius 3 is 2.38 bits per heavy atom. The predicted octanol–water partition coefficient (Wildman–Crippen LogP) is 2.77. The number of rotatable bonds is 7. The van der Waals surface area contributed by atoms with Crippen LogP contribution >= 0.6 is 11.8 Å². The van der Waals surface area contributed by atoms with Crippen molar-refractivity contribution in [2.24, 2.45) is 0 Å². The van der Waals surface area contributed by atoms with Gasteiger partial charge in [0.2, 0.25) is 0 Å². The number of likely N-dealkylation sites (N-methyl/N-ethyl adjacent to an activating group) is 1. The van der Waals surface area contributed by atoms with Crippen molar-refractivity contribution in [3.8, 4) is 0 Å². The van der Waals surface area contributed by atoms with Gasteiger partial charge in [-0.25, -0.2) is 0 Å². The lowest BCUT2D eigenvalue weighted by Gasteiger charge is -2.21. The highest BCUT2D eigenvalue weighted by Crippen LogP contribution is 2.17. The van der Waals surface area contributed by atoms with Gasteiger partial charge in [0.15, 0.2) is 0 Å². The second-order valence-electron chi connectivity index (χ2n) is 3.81. The van der Waals surface area contributed by atoms with Crippen LogP contribution in [-0.4, -0.2) is 36.3 Å². The third-order valence-electron chi connectivity index (χ3n) is 2.57. The first-order chi connectivity index (χ1) is 7.76. The lowest BCUT2D eigenvalue weighted by Crippen LogP contribution is -2.34. The van der Waals surface area contributed by atoms with Crippen molar-refractivity contribution in [3.05, 3.63) is 30.3 Å². The van der Waals surface area contributed by atoms with Gasteiger partial charge < -0.3 is 4.90 Å². The quantitative estimate of drug-likeness (QED) is 0.682. The van der Waals surface area contributed by atoms with E-state index < -0.39 is 0 Å². The monoisotopic (exact) mass is 237 g/mol. The molecule has 1 radical (unpaired) electrons. The van der Waals surface area contributed by atoms with E-state index in [2.05, 4.69) is 30.9 Å². The number of nitrogens with one attached hydrogen (secondary N) is 1. The first-order valence-corrected chi connectivity index (χ1v) is 6.86. The molecule has 2 nitrogen and oxygen atoms in total. The highest BCUT2D eigenvalue weighted by molar-refractivity contribution is 7.99. The number of hydrogen-bond acceptors (Lipinski definition) is 2. The molecule has 1 aromatic carbocycles. The molecule has 0 spiro atoms. The highest BCUT2D eigenvalue weighted by Gasteiger charge is 2.08. The number of thioether (sulfide) groups is 1. The number of nitrogens with zero attached hydrogens (tertiary/aromatic N) is 1. The molecule has 0 unspecified atom stereocenters. The maximum atomic E-state index is 8.00. The Hall–Kier alpha value is -0.510. The summed E-state index contributed by atoms with van der Waals surface area (Å²) in [4.78, 5) is 3.57. The summed E-state index contributed by atoms with van der Waals surface area (Å²) < 4.78 is 0. The van der Waals surface area contributed by atoms with Crippen molar-refractivity contribution in [2.45, 2.75) is 24.8 Å². The molecule has 1 N–H and O–H groups in total. The topological polar surface area (TPSA) is 27.0 Å². The smallest absolute Gasteiger partial charge is 0.0434 e. The second-order valence-corrected chi connectivity index (χ2v) is 4.90. The zero-order chi connectivity index (χ0) is 11.8. The Morgan fingerprint density at radius 2 is 1.81 bits per heavy atom. The van der Waals surface area contributed by atoms with Gasteiger partial charge in [-0.15, -0.1) is 11.8 Å². The minimum atomic E-state index is 0.00473. The van der Waals surface area contributed by atoms with E-state index in [9.17, 15) is 0 Å². The van der Waals surface area contributed by atoms with E-state index in [4.69, 9.17) is 5.73 Å². The van der Waals surface area contributed by atoms with Crippen LogP contribution in [0.1, 0.15) is 13.8 Å². The summed E-state index contributed by atoms with van der Waals surface area (Å²) >= 11 is 1.78. The van der Waals surface area contributed by atoms with Gasteiger partial charge in [-0.2, -0.15) is 0 Å². The first kappa shape index (κ1) is 13.6. The lowest BCUT2D eigenvalue weighted by atomic mass is 10.3. The van der Waals surface area contributed by atoms with Crippen LogP contribution in [0.2, 0.25) is 0 Å². The van der Waals surface area contributed by atoms with Crippen LogP contribution in [-0.2, 0) is 0 Å². The van der Waals surface area contributed by atoms with Crippen LogP contribution in [0.4, 0.5) is 0 Å². The summed E-state index contributed by atoms with van der Waals surface area (Å²) in [6, 6.07) is 10.3. The maximum Gasteiger partial charge on any atom is 0.0434 e. The Labute approximate surface area is 103 Å². The van der Waals surface area contributed by atoms with Crippen molar-refractivity contribution in [2.75, 3.05) is 25.4 Å². The Kier molecular flexibility index (Phi) is 6.53. The molecule has 0 fully saturated rings. The van der Waals surface area contributed by atoms with Crippen LogP contribution in [0, 0.1) is 0 Å². The molecule has 3 heteroatoms. The molecule has 1 aromatic rings. The molecule has 0 heterocycles. The van der Waals surface area contributed by atoms with E-state index in [1.807, 2.05) is 18.2 Å². The zero-order valence-electron chi connectivity index (χ0n) is 10.1. The molecule has 0 aliphatic heterocycles. The van der Waals surface area contributed by atoms with E-state index in [1.165, 1.54) is 4.90 Å². The van der Waals surface area contributed by atoms with Crippen LogP contribution in [0.3, 0.4) is 0 Å². The van der Waals surface area contributed by atoms with Crippen molar-refractivity contribution in [3.63, 3.8) is 0 Å². The third kappa shape index (κ3) is 5.01. The van der Waals surface area contributed by atoms with Gasteiger partial charge in [-0.1, -0.05) is 32.0 Å². The normalized spacial score (nSPS) is 13.0. The number of benzene rings is 1. The van der Waals surface area contributed by atoms with Gasteiger partial charge in [0.05, 0.1) is 0 Å². The highest BCUT2D eigenvalue weighted by atomic mass is 32.2. The Balaban J connectivity index is 2.27. The summed E-state index contributed by atoms with van der Waals surface area (Å²) in [5.41, 5.74) is 8.00. The van der Waals surface area contributed by atoms with Crippen molar-refractivity contribution < 1.29 is 0 Å². The van der Waals surface area contributed by atoms with Gasteiger partial charge in [0.1, 0.15) is 0 Å². The van der Waals surface area contributed by atoms with Gasteiger partial charge >= 0.3 is 0 Å². The second kappa shape index (κ2) is 7.71. The third-order valence-corrected chi connectivity index (χ3v) is 3.74. The van der Waals surface area contributed by atoms with Gasteiger partial charge in [0.25, 0.3) is 0 Å². The molecule has 0 bridgehead atoms. The van der Waals surface area contributed by atoms with Crippen LogP contribution in [0.15, 0.2) is 35.2 Å². The molecule has 16 heavy (non-hydrogen) atoms. The van der Waals surface area contributed by atoms with Crippen LogP contribution in [0.25, 0.3) is 0 Å². The van der Waals surface area contributed by atoms with Crippen LogP contribution < -0.4 is 5.73 Å². The van der Waals surface area contributed by atoms with E-state index in [0.717, 1.165) is 25.4 Å². The predicted molar refractivity (Wildman–Crippen MR) is 71.8 cm³/mol. The molecular weight excluding hydrogens is 216 g/mol. The first-order valence-electron chi connectivity index (χ1n) is 5.87. The fourth-order valence-electron chi connectivity index (χ4n) is 1.56. The Morgan fingerprint density at radius 1 is 1.19 bits per heavy atom. The van der Waals surface area contributed by atoms with E-state index in [-0.39, 0.29) is 6.04 Å². The fraction of sp³-hybridized carbons (Fsp3) is 0.538. The van der Waals surface area contributed by atoms with E-state index >= 15 is 0 Å². The Bertz CT molecular complexity index is 273. The summed E-state index contributed by atoms with van der Waals surface area (Å²) in [5.74, 6) is 0.876. The molecule has 0 amide bonds. The molecular formula is C13H21N2S. The van der Waals surface area contributed by atoms with Crippen molar-refractivity contribution in [1.82, 2.24) is 10.6 Å². The largest absolute Gasteiger partial charge is 0.302 e. The molecule has 0 aliphatic rings. The minimum Gasteiger partial charge on any atom is -0.302 e. The van der Waals surface area contributed by atoms with Crippen molar-refractivity contribution in [1.29, 1.82) is 0 Å². The minimum absolute atomic E-state index is 0.00473. The summed E-state index contributed by atoms with van der Waals surface area (Å²) in [6.45, 7) is 7.28. The van der Waals surface area contributed by atoms with E-state index in [1.54, 1.807) is 11.8 Å². The summed E-state index contributed by atoms with van der Waals surface area (Å²) in [6.07, 6.45) is 0. The SMILES string of the molecule is CCN(CC)C[C@@H]([NH])CSc1ccccc1. The average Bonchev–Trinajstić information content (AvgIpc) is 2.34.